The van der Waals surface area contributed by atoms with Crippen LogP contribution in [0.1, 0.15) is 49.7 Å². The summed E-state index contributed by atoms with van der Waals surface area (Å²) in [5, 5.41) is 3.02. The maximum atomic E-state index is 12.6. The van der Waals surface area contributed by atoms with E-state index < -0.39 is 0 Å². The molecule has 0 spiro atoms. The van der Waals surface area contributed by atoms with Crippen molar-refractivity contribution >= 4 is 16.9 Å². The third-order valence-corrected chi connectivity index (χ3v) is 5.93. The number of hydrogen-bond acceptors (Lipinski definition) is 4. The number of nitrogens with zero attached hydrogens (tertiary/aromatic N) is 2. The molecule has 0 aliphatic heterocycles. The van der Waals surface area contributed by atoms with Gasteiger partial charge < -0.3 is 19.4 Å². The first-order valence-corrected chi connectivity index (χ1v) is 12.1. The molecule has 1 heterocycles. The van der Waals surface area contributed by atoms with E-state index in [0.29, 0.717) is 24.8 Å². The summed E-state index contributed by atoms with van der Waals surface area (Å²) in [6.07, 6.45) is 0. The Kier molecular flexibility index (Phi) is 7.70. The Labute approximate surface area is 206 Å². The SMILES string of the molecule is Cc1ccc(C(C)C)c(OCCn2c(C(C)NC(=O)COc3ccccc3)nc3ccccc32)c1. The molecule has 0 bridgehead atoms. The van der Waals surface area contributed by atoms with Crippen LogP contribution in [-0.2, 0) is 11.3 Å². The Balaban J connectivity index is 1.47. The lowest BCUT2D eigenvalue weighted by molar-refractivity contribution is -0.123. The molecular formula is C29H33N3O3. The van der Waals surface area contributed by atoms with E-state index in [1.807, 2.05) is 61.5 Å². The number of carbonyl (C=O) groups excluding carboxylic acids is 1. The van der Waals surface area contributed by atoms with Gasteiger partial charge in [-0.05, 0) is 61.2 Å². The molecule has 0 aliphatic carbocycles. The highest BCUT2D eigenvalue weighted by Crippen LogP contribution is 2.28. The molecule has 4 aromatic rings. The maximum Gasteiger partial charge on any atom is 0.258 e. The molecule has 4 rings (SSSR count). The Morgan fingerprint density at radius 3 is 2.49 bits per heavy atom. The van der Waals surface area contributed by atoms with Gasteiger partial charge in [-0.15, -0.1) is 0 Å². The molecule has 35 heavy (non-hydrogen) atoms. The second-order valence-electron chi connectivity index (χ2n) is 9.05. The van der Waals surface area contributed by atoms with Crippen LogP contribution in [0.25, 0.3) is 11.0 Å². The highest BCUT2D eigenvalue weighted by molar-refractivity contribution is 5.79. The van der Waals surface area contributed by atoms with Gasteiger partial charge in [0.15, 0.2) is 6.61 Å². The zero-order valence-electron chi connectivity index (χ0n) is 20.8. The number of benzene rings is 3. The van der Waals surface area contributed by atoms with Crippen LogP contribution in [0, 0.1) is 6.92 Å². The number of imidazole rings is 1. The Hall–Kier alpha value is -3.80. The standard InChI is InChI=1S/C29H33N3O3/c1-20(2)24-15-14-21(3)18-27(24)34-17-16-32-26-13-9-8-12-25(26)31-29(32)22(4)30-28(33)19-35-23-10-6-5-7-11-23/h5-15,18,20,22H,16-17,19H2,1-4H3,(H,30,33). The summed E-state index contributed by atoms with van der Waals surface area (Å²) in [5.41, 5.74) is 4.28. The van der Waals surface area contributed by atoms with Gasteiger partial charge in [-0.3, -0.25) is 4.79 Å². The number of aromatic nitrogens is 2. The summed E-state index contributed by atoms with van der Waals surface area (Å²) >= 11 is 0. The van der Waals surface area contributed by atoms with Crippen molar-refractivity contribution in [3.8, 4) is 11.5 Å². The molecule has 1 amide bonds. The van der Waals surface area contributed by atoms with Crippen LogP contribution in [0.5, 0.6) is 11.5 Å². The zero-order chi connectivity index (χ0) is 24.8. The van der Waals surface area contributed by atoms with Gasteiger partial charge >= 0.3 is 0 Å². The van der Waals surface area contributed by atoms with Gasteiger partial charge in [0.25, 0.3) is 5.91 Å². The molecule has 0 aliphatic rings. The van der Waals surface area contributed by atoms with Gasteiger partial charge in [-0.25, -0.2) is 4.98 Å². The largest absolute Gasteiger partial charge is 0.491 e. The fraction of sp³-hybridized carbons (Fsp3) is 0.310. The number of amides is 1. The minimum absolute atomic E-state index is 0.0525. The monoisotopic (exact) mass is 471 g/mol. The quantitative estimate of drug-likeness (QED) is 0.317. The Morgan fingerprint density at radius 1 is 0.971 bits per heavy atom. The molecule has 1 atom stereocenters. The Bertz CT molecular complexity index is 1280. The zero-order valence-corrected chi connectivity index (χ0v) is 20.8. The van der Waals surface area contributed by atoms with E-state index in [-0.39, 0.29) is 18.6 Å². The third-order valence-electron chi connectivity index (χ3n) is 5.93. The number of aryl methyl sites for hydroxylation is 1. The van der Waals surface area contributed by atoms with Gasteiger partial charge in [0, 0.05) is 0 Å². The predicted octanol–water partition coefficient (Wildman–Crippen LogP) is 5.80. The van der Waals surface area contributed by atoms with E-state index in [2.05, 4.69) is 48.9 Å². The van der Waals surface area contributed by atoms with Gasteiger partial charge in [-0.1, -0.05) is 56.3 Å². The summed E-state index contributed by atoms with van der Waals surface area (Å²) in [6.45, 7) is 9.41. The van der Waals surface area contributed by atoms with Crippen molar-refractivity contribution in [2.45, 2.75) is 46.2 Å². The van der Waals surface area contributed by atoms with E-state index in [1.54, 1.807) is 0 Å². The molecule has 0 saturated heterocycles. The van der Waals surface area contributed by atoms with Crippen LogP contribution in [0.2, 0.25) is 0 Å². The summed E-state index contributed by atoms with van der Waals surface area (Å²) in [5.74, 6) is 2.55. The van der Waals surface area contributed by atoms with Crippen LogP contribution < -0.4 is 14.8 Å². The van der Waals surface area contributed by atoms with Gasteiger partial charge in [0.1, 0.15) is 23.9 Å². The minimum Gasteiger partial charge on any atom is -0.491 e. The lowest BCUT2D eigenvalue weighted by Gasteiger charge is -2.18. The average molecular weight is 472 g/mol. The molecule has 182 valence electrons. The lowest BCUT2D eigenvalue weighted by Crippen LogP contribution is -2.33. The Morgan fingerprint density at radius 2 is 1.71 bits per heavy atom. The predicted molar refractivity (Wildman–Crippen MR) is 139 cm³/mol. The van der Waals surface area contributed by atoms with E-state index in [9.17, 15) is 4.79 Å². The topological polar surface area (TPSA) is 65.4 Å². The van der Waals surface area contributed by atoms with Crippen LogP contribution in [0.15, 0.2) is 72.8 Å². The smallest absolute Gasteiger partial charge is 0.258 e. The summed E-state index contributed by atoms with van der Waals surface area (Å²) in [4.78, 5) is 17.4. The second kappa shape index (κ2) is 11.1. The first-order chi connectivity index (χ1) is 16.9. The van der Waals surface area contributed by atoms with E-state index in [1.165, 1.54) is 11.1 Å². The van der Waals surface area contributed by atoms with Gasteiger partial charge in [0.05, 0.1) is 23.6 Å². The van der Waals surface area contributed by atoms with Crippen molar-refractivity contribution in [1.29, 1.82) is 0 Å². The van der Waals surface area contributed by atoms with E-state index in [0.717, 1.165) is 22.6 Å². The van der Waals surface area contributed by atoms with E-state index >= 15 is 0 Å². The van der Waals surface area contributed by atoms with Gasteiger partial charge in [0.2, 0.25) is 0 Å². The number of rotatable bonds is 10. The second-order valence-corrected chi connectivity index (χ2v) is 9.05. The molecule has 0 fully saturated rings. The molecule has 0 radical (unpaired) electrons. The fourth-order valence-electron chi connectivity index (χ4n) is 4.16. The van der Waals surface area contributed by atoms with Crippen molar-refractivity contribution in [2.24, 2.45) is 0 Å². The van der Waals surface area contributed by atoms with Crippen LogP contribution in [0.3, 0.4) is 0 Å². The first-order valence-electron chi connectivity index (χ1n) is 12.1. The van der Waals surface area contributed by atoms with E-state index in [4.69, 9.17) is 14.5 Å². The molecule has 0 saturated carbocycles. The maximum absolute atomic E-state index is 12.6. The van der Waals surface area contributed by atoms with Crippen molar-refractivity contribution in [3.05, 3.63) is 89.7 Å². The van der Waals surface area contributed by atoms with Crippen LogP contribution in [0.4, 0.5) is 0 Å². The molecule has 3 aromatic carbocycles. The number of carbonyl (C=O) groups is 1. The number of fused-ring (bicyclic) bond motifs is 1. The number of hydrogen-bond donors (Lipinski definition) is 1. The number of nitrogens with one attached hydrogen (secondary N) is 1. The normalized spacial score (nSPS) is 12.0. The van der Waals surface area contributed by atoms with Crippen molar-refractivity contribution in [3.63, 3.8) is 0 Å². The van der Waals surface area contributed by atoms with Crippen molar-refractivity contribution in [2.75, 3.05) is 13.2 Å². The third kappa shape index (κ3) is 6.01. The summed E-state index contributed by atoms with van der Waals surface area (Å²) < 4.78 is 14.0. The highest BCUT2D eigenvalue weighted by atomic mass is 16.5. The van der Waals surface area contributed by atoms with Gasteiger partial charge in [-0.2, -0.15) is 0 Å². The van der Waals surface area contributed by atoms with Crippen LogP contribution in [-0.4, -0.2) is 28.7 Å². The summed E-state index contributed by atoms with van der Waals surface area (Å²) in [6, 6.07) is 23.4. The number of para-hydroxylation sites is 3. The highest BCUT2D eigenvalue weighted by Gasteiger charge is 2.19. The minimum atomic E-state index is -0.292. The average Bonchev–Trinajstić information content (AvgIpc) is 3.22. The fourth-order valence-corrected chi connectivity index (χ4v) is 4.16. The lowest BCUT2D eigenvalue weighted by atomic mass is 10.0. The molecule has 1 N–H and O–H groups in total. The molecule has 6 heteroatoms. The van der Waals surface area contributed by atoms with Crippen molar-refractivity contribution < 1.29 is 14.3 Å². The molecule has 1 aromatic heterocycles. The number of ether oxygens (including phenoxy) is 2. The van der Waals surface area contributed by atoms with Crippen LogP contribution >= 0.6 is 0 Å². The molecule has 6 nitrogen and oxygen atoms in total. The summed E-state index contributed by atoms with van der Waals surface area (Å²) in [7, 11) is 0. The molecular weight excluding hydrogens is 438 g/mol. The first kappa shape index (κ1) is 24.3. The van der Waals surface area contributed by atoms with Crippen molar-refractivity contribution in [1.82, 2.24) is 14.9 Å². The molecule has 1 unspecified atom stereocenters.